The van der Waals surface area contributed by atoms with Gasteiger partial charge in [0.2, 0.25) is 0 Å². The van der Waals surface area contributed by atoms with Crippen molar-refractivity contribution in [1.29, 1.82) is 0 Å². The standard InChI is InChI=1S/C28H28N2O/c1-29-28(24-8-4-2-5-9-24,25-10-6-3-7-11-25)26-15-18-30(21-26)17-14-22-12-13-27-23(20-22)16-19-31-27/h2-13,20,26H,14-19,21H2/t26-/m1/s1. The Labute approximate surface area is 185 Å². The fourth-order valence-corrected chi connectivity index (χ4v) is 5.30. The van der Waals surface area contributed by atoms with Crippen LogP contribution in [0.4, 0.5) is 0 Å². The second-order valence-electron chi connectivity index (χ2n) is 8.69. The van der Waals surface area contributed by atoms with E-state index in [0.717, 1.165) is 62.4 Å². The number of hydrogen-bond donors (Lipinski definition) is 0. The first-order chi connectivity index (χ1) is 15.3. The highest BCUT2D eigenvalue weighted by Gasteiger charge is 2.51. The van der Waals surface area contributed by atoms with Crippen LogP contribution in [-0.4, -0.2) is 31.1 Å². The summed E-state index contributed by atoms with van der Waals surface area (Å²) in [5, 5.41) is 0. The predicted octanol–water partition coefficient (Wildman–Crippen LogP) is 5.35. The van der Waals surface area contributed by atoms with Crippen LogP contribution in [-0.2, 0) is 18.4 Å². The summed E-state index contributed by atoms with van der Waals surface area (Å²) < 4.78 is 5.64. The molecule has 1 atom stereocenters. The molecular formula is C28H28N2O. The van der Waals surface area contributed by atoms with E-state index in [1.54, 1.807) is 0 Å². The van der Waals surface area contributed by atoms with Crippen LogP contribution < -0.4 is 4.74 Å². The quantitative estimate of drug-likeness (QED) is 0.512. The van der Waals surface area contributed by atoms with Gasteiger partial charge in [-0.25, -0.2) is 6.57 Å². The maximum absolute atomic E-state index is 8.32. The van der Waals surface area contributed by atoms with E-state index in [1.165, 1.54) is 11.1 Å². The van der Waals surface area contributed by atoms with Crippen molar-refractivity contribution in [2.45, 2.75) is 24.8 Å². The zero-order chi connectivity index (χ0) is 21.1. The van der Waals surface area contributed by atoms with Gasteiger partial charge in [-0.2, -0.15) is 0 Å². The lowest BCUT2D eigenvalue weighted by atomic mass is 9.73. The van der Waals surface area contributed by atoms with E-state index < -0.39 is 5.54 Å². The molecular weight excluding hydrogens is 380 g/mol. The first kappa shape index (κ1) is 19.8. The molecule has 0 aliphatic carbocycles. The van der Waals surface area contributed by atoms with E-state index in [1.807, 2.05) is 12.1 Å². The van der Waals surface area contributed by atoms with Crippen LogP contribution in [0.15, 0.2) is 78.9 Å². The molecule has 2 heterocycles. The molecule has 31 heavy (non-hydrogen) atoms. The van der Waals surface area contributed by atoms with E-state index in [-0.39, 0.29) is 5.92 Å². The van der Waals surface area contributed by atoms with Crippen molar-refractivity contribution in [1.82, 2.24) is 4.90 Å². The summed E-state index contributed by atoms with van der Waals surface area (Å²) in [6.45, 7) is 12.2. The molecule has 0 bridgehead atoms. The van der Waals surface area contributed by atoms with Gasteiger partial charge in [0.1, 0.15) is 5.75 Å². The average molecular weight is 409 g/mol. The highest BCUT2D eigenvalue weighted by molar-refractivity contribution is 5.44. The highest BCUT2D eigenvalue weighted by atomic mass is 16.5. The third-order valence-corrected chi connectivity index (χ3v) is 6.94. The second kappa shape index (κ2) is 8.57. The summed E-state index contributed by atoms with van der Waals surface area (Å²) >= 11 is 0. The fourth-order valence-electron chi connectivity index (χ4n) is 5.30. The largest absolute Gasteiger partial charge is 0.493 e. The number of likely N-dealkylation sites (tertiary alicyclic amines) is 1. The molecule has 3 heteroatoms. The predicted molar refractivity (Wildman–Crippen MR) is 124 cm³/mol. The number of rotatable bonds is 6. The summed E-state index contributed by atoms with van der Waals surface area (Å²) in [7, 11) is 0. The van der Waals surface area contributed by atoms with Crippen molar-refractivity contribution in [3.8, 4) is 5.75 Å². The molecule has 2 aliphatic heterocycles. The molecule has 156 valence electrons. The van der Waals surface area contributed by atoms with E-state index in [9.17, 15) is 0 Å². The topological polar surface area (TPSA) is 16.8 Å². The molecule has 0 N–H and O–H groups in total. The van der Waals surface area contributed by atoms with E-state index in [2.05, 4.69) is 76.5 Å². The molecule has 3 nitrogen and oxygen atoms in total. The second-order valence-corrected chi connectivity index (χ2v) is 8.69. The van der Waals surface area contributed by atoms with E-state index in [4.69, 9.17) is 11.3 Å². The van der Waals surface area contributed by atoms with Crippen molar-refractivity contribution in [2.24, 2.45) is 5.92 Å². The van der Waals surface area contributed by atoms with Crippen molar-refractivity contribution in [3.05, 3.63) is 113 Å². The Morgan fingerprint density at radius 3 is 2.35 bits per heavy atom. The molecule has 3 aromatic rings. The number of ether oxygens (including phenoxy) is 1. The fraction of sp³-hybridized carbons (Fsp3) is 0.321. The molecule has 0 spiro atoms. The zero-order valence-electron chi connectivity index (χ0n) is 17.8. The third kappa shape index (κ3) is 3.73. The minimum Gasteiger partial charge on any atom is -0.493 e. The lowest BCUT2D eigenvalue weighted by molar-refractivity contribution is 0.305. The van der Waals surface area contributed by atoms with Crippen molar-refractivity contribution < 1.29 is 4.74 Å². The smallest absolute Gasteiger partial charge is 0.286 e. The van der Waals surface area contributed by atoms with Gasteiger partial charge >= 0.3 is 0 Å². The third-order valence-electron chi connectivity index (χ3n) is 6.94. The summed E-state index contributed by atoms with van der Waals surface area (Å²) in [5.41, 5.74) is 4.33. The maximum atomic E-state index is 8.32. The van der Waals surface area contributed by atoms with Crippen LogP contribution in [0.3, 0.4) is 0 Å². The zero-order valence-corrected chi connectivity index (χ0v) is 17.8. The first-order valence-electron chi connectivity index (χ1n) is 11.3. The lowest BCUT2D eigenvalue weighted by Gasteiger charge is -2.29. The van der Waals surface area contributed by atoms with Gasteiger partial charge in [-0.05, 0) is 36.6 Å². The molecule has 2 aliphatic rings. The Morgan fingerprint density at radius 1 is 0.968 bits per heavy atom. The highest BCUT2D eigenvalue weighted by Crippen LogP contribution is 2.45. The SMILES string of the molecule is [C-]#[N+]C(c1ccccc1)(c1ccccc1)[C@@H]1CCN(CCc2ccc3c(c2)CCO3)C1. The van der Waals surface area contributed by atoms with Crippen LogP contribution >= 0.6 is 0 Å². The minimum atomic E-state index is -0.623. The van der Waals surface area contributed by atoms with Gasteiger partial charge in [0.15, 0.2) is 0 Å². The molecule has 5 rings (SSSR count). The Kier molecular flexibility index (Phi) is 5.49. The first-order valence-corrected chi connectivity index (χ1v) is 11.3. The Bertz CT molecular complexity index is 1030. The Balaban J connectivity index is 1.35. The number of fused-ring (bicyclic) bond motifs is 1. The van der Waals surface area contributed by atoms with Crippen LogP contribution in [0.5, 0.6) is 5.75 Å². The van der Waals surface area contributed by atoms with Gasteiger partial charge in [-0.15, -0.1) is 0 Å². The molecule has 0 radical (unpaired) electrons. The monoisotopic (exact) mass is 408 g/mol. The summed E-state index contributed by atoms with van der Waals surface area (Å²) in [6.07, 6.45) is 3.11. The van der Waals surface area contributed by atoms with Crippen LogP contribution in [0.25, 0.3) is 4.85 Å². The van der Waals surface area contributed by atoms with Crippen LogP contribution in [0.2, 0.25) is 0 Å². The van der Waals surface area contributed by atoms with Gasteiger partial charge in [0.25, 0.3) is 5.54 Å². The molecule has 0 amide bonds. The van der Waals surface area contributed by atoms with E-state index in [0.29, 0.717) is 0 Å². The maximum Gasteiger partial charge on any atom is 0.286 e. The summed E-state index contributed by atoms with van der Waals surface area (Å²) in [4.78, 5) is 6.89. The molecule has 1 fully saturated rings. The number of nitrogens with zero attached hydrogens (tertiary/aromatic N) is 2. The van der Waals surface area contributed by atoms with Crippen molar-refractivity contribution in [3.63, 3.8) is 0 Å². The lowest BCUT2D eigenvalue weighted by Crippen LogP contribution is -2.36. The van der Waals surface area contributed by atoms with Crippen molar-refractivity contribution in [2.75, 3.05) is 26.2 Å². The Morgan fingerprint density at radius 2 is 1.68 bits per heavy atom. The Hall–Kier alpha value is -3.09. The van der Waals surface area contributed by atoms with Crippen LogP contribution in [0, 0.1) is 12.5 Å². The molecule has 0 aromatic heterocycles. The minimum absolute atomic E-state index is 0.281. The molecule has 3 aromatic carbocycles. The normalized spacial score (nSPS) is 18.4. The molecule has 0 unspecified atom stereocenters. The van der Waals surface area contributed by atoms with Crippen molar-refractivity contribution >= 4 is 0 Å². The van der Waals surface area contributed by atoms with Gasteiger partial charge in [0, 0.05) is 30.6 Å². The van der Waals surface area contributed by atoms with Crippen LogP contribution in [0.1, 0.15) is 28.7 Å². The molecule has 0 saturated carbocycles. The summed E-state index contributed by atoms with van der Waals surface area (Å²) in [6, 6.07) is 27.4. The van der Waals surface area contributed by atoms with Gasteiger partial charge < -0.3 is 9.64 Å². The van der Waals surface area contributed by atoms with Gasteiger partial charge in [-0.3, -0.25) is 4.85 Å². The molecule has 1 saturated heterocycles. The van der Waals surface area contributed by atoms with Gasteiger partial charge in [0.05, 0.1) is 12.5 Å². The average Bonchev–Trinajstić information content (AvgIpc) is 3.50. The van der Waals surface area contributed by atoms with Gasteiger partial charge in [-0.1, -0.05) is 72.8 Å². The number of benzene rings is 3. The van der Waals surface area contributed by atoms with E-state index >= 15 is 0 Å². The summed E-state index contributed by atoms with van der Waals surface area (Å²) in [5.74, 6) is 1.33. The number of hydrogen-bond acceptors (Lipinski definition) is 2.